The first-order valence-electron chi connectivity index (χ1n) is 9.14. The number of nitrogens with zero attached hydrogens (tertiary/aromatic N) is 2. The second kappa shape index (κ2) is 7.72. The number of carbonyl (C=O) groups is 2. The van der Waals surface area contributed by atoms with Crippen molar-refractivity contribution in [2.24, 2.45) is 0 Å². The summed E-state index contributed by atoms with van der Waals surface area (Å²) in [6.07, 6.45) is 2.30. The van der Waals surface area contributed by atoms with E-state index in [4.69, 9.17) is 21.1 Å². The quantitative estimate of drug-likeness (QED) is 0.598. The molecule has 2 heterocycles. The number of aromatic nitrogens is 1. The van der Waals surface area contributed by atoms with Gasteiger partial charge in [0.15, 0.2) is 11.5 Å². The van der Waals surface area contributed by atoms with E-state index in [1.165, 1.54) is 0 Å². The fraction of sp³-hybridized carbons (Fsp3) is 0.227. The maximum Gasteiger partial charge on any atom is 0.254 e. The van der Waals surface area contributed by atoms with Crippen LogP contribution in [-0.4, -0.2) is 41.8 Å². The van der Waals surface area contributed by atoms with Crippen LogP contribution in [0.5, 0.6) is 11.5 Å². The van der Waals surface area contributed by atoms with Crippen LogP contribution in [0.2, 0.25) is 0 Å². The summed E-state index contributed by atoms with van der Waals surface area (Å²) in [5.74, 6) is 1.09. The molecule has 1 aliphatic rings. The molecule has 0 N–H and O–H groups in total. The highest BCUT2D eigenvalue weighted by Gasteiger charge is 2.27. The molecule has 0 aliphatic carbocycles. The standard InChI is InChI=1S/C22H19ClN2O4/c1-28-19-10-17-13(6-8-24-18(17)11-20(19)29-2)12-25-9-7-14-15(21(23)26)4-3-5-16(14)22(25)27/h3-6,8,10-11H,7,9,12H2,1-2H3. The smallest absolute Gasteiger partial charge is 0.254 e. The maximum atomic E-state index is 13.1. The summed E-state index contributed by atoms with van der Waals surface area (Å²) in [4.78, 5) is 30.9. The van der Waals surface area contributed by atoms with Crippen molar-refractivity contribution < 1.29 is 19.1 Å². The first kappa shape index (κ1) is 19.2. The molecule has 7 heteroatoms. The molecule has 3 aromatic rings. The molecule has 1 aliphatic heterocycles. The number of methoxy groups -OCH3 is 2. The van der Waals surface area contributed by atoms with E-state index in [9.17, 15) is 9.59 Å². The normalized spacial score (nSPS) is 13.3. The van der Waals surface area contributed by atoms with Gasteiger partial charge in [0.25, 0.3) is 11.1 Å². The highest BCUT2D eigenvalue weighted by Crippen LogP contribution is 2.33. The van der Waals surface area contributed by atoms with E-state index >= 15 is 0 Å². The van der Waals surface area contributed by atoms with Gasteiger partial charge in [-0.3, -0.25) is 14.6 Å². The molecule has 0 radical (unpaired) electrons. The lowest BCUT2D eigenvalue weighted by Crippen LogP contribution is -2.37. The number of hydrogen-bond acceptors (Lipinski definition) is 5. The molecule has 6 nitrogen and oxygen atoms in total. The Morgan fingerprint density at radius 2 is 1.93 bits per heavy atom. The largest absolute Gasteiger partial charge is 0.493 e. The van der Waals surface area contributed by atoms with Gasteiger partial charge in [0, 0.05) is 41.9 Å². The van der Waals surface area contributed by atoms with Crippen LogP contribution < -0.4 is 9.47 Å². The summed E-state index contributed by atoms with van der Waals surface area (Å²) in [6.45, 7) is 0.927. The zero-order chi connectivity index (χ0) is 20.5. The van der Waals surface area contributed by atoms with Gasteiger partial charge in [-0.25, -0.2) is 0 Å². The minimum Gasteiger partial charge on any atom is -0.493 e. The fourth-order valence-corrected chi connectivity index (χ4v) is 3.96. The van der Waals surface area contributed by atoms with Crippen molar-refractivity contribution in [3.05, 3.63) is 64.8 Å². The van der Waals surface area contributed by atoms with E-state index in [-0.39, 0.29) is 5.91 Å². The first-order chi connectivity index (χ1) is 14.0. The number of halogens is 1. The molecule has 0 spiro atoms. The average molecular weight is 411 g/mol. The van der Waals surface area contributed by atoms with Crippen molar-refractivity contribution in [3.63, 3.8) is 0 Å². The molecular weight excluding hydrogens is 392 g/mol. The molecule has 0 bridgehead atoms. The number of amides is 1. The summed E-state index contributed by atoms with van der Waals surface area (Å²) in [5, 5.41) is 0.359. The fourth-order valence-electron chi connectivity index (χ4n) is 3.78. The Hall–Kier alpha value is -3.12. The molecule has 0 saturated heterocycles. The number of benzene rings is 2. The molecular formula is C22H19ClN2O4. The lowest BCUT2D eigenvalue weighted by molar-refractivity contribution is 0.0727. The molecule has 4 rings (SSSR count). The second-order valence-corrected chi connectivity index (χ2v) is 7.12. The third-order valence-corrected chi connectivity index (χ3v) is 5.44. The van der Waals surface area contributed by atoms with Gasteiger partial charge in [0.1, 0.15) is 0 Å². The average Bonchev–Trinajstić information content (AvgIpc) is 2.74. The Morgan fingerprint density at radius 3 is 2.66 bits per heavy atom. The molecule has 2 aromatic carbocycles. The molecule has 0 unspecified atom stereocenters. The van der Waals surface area contributed by atoms with E-state index in [1.807, 2.05) is 18.2 Å². The maximum absolute atomic E-state index is 13.1. The van der Waals surface area contributed by atoms with Crippen LogP contribution in [0.3, 0.4) is 0 Å². The van der Waals surface area contributed by atoms with Crippen molar-refractivity contribution in [2.75, 3.05) is 20.8 Å². The van der Waals surface area contributed by atoms with Crippen LogP contribution in [0.4, 0.5) is 0 Å². The Balaban J connectivity index is 1.70. The van der Waals surface area contributed by atoms with Crippen LogP contribution >= 0.6 is 11.6 Å². The van der Waals surface area contributed by atoms with Gasteiger partial charge in [-0.05, 0) is 53.4 Å². The molecule has 29 heavy (non-hydrogen) atoms. The highest BCUT2D eigenvalue weighted by atomic mass is 35.5. The van der Waals surface area contributed by atoms with Crippen LogP contribution in [0.1, 0.15) is 31.8 Å². The van der Waals surface area contributed by atoms with Gasteiger partial charge < -0.3 is 14.4 Å². The van der Waals surface area contributed by atoms with Crippen molar-refractivity contribution in [1.82, 2.24) is 9.88 Å². The monoisotopic (exact) mass is 410 g/mol. The number of ether oxygens (including phenoxy) is 2. The number of carbonyl (C=O) groups excluding carboxylic acids is 2. The van der Waals surface area contributed by atoms with E-state index in [0.717, 1.165) is 22.0 Å². The second-order valence-electron chi connectivity index (χ2n) is 6.78. The van der Waals surface area contributed by atoms with Gasteiger partial charge in [-0.15, -0.1) is 0 Å². The molecule has 1 amide bonds. The predicted molar refractivity (Wildman–Crippen MR) is 110 cm³/mol. The summed E-state index contributed by atoms with van der Waals surface area (Å²) < 4.78 is 10.8. The van der Waals surface area contributed by atoms with Crippen molar-refractivity contribution >= 4 is 33.7 Å². The number of pyridine rings is 1. The lowest BCUT2D eigenvalue weighted by Gasteiger charge is -2.29. The van der Waals surface area contributed by atoms with Crippen LogP contribution in [0.25, 0.3) is 10.9 Å². The Labute approximate surface area is 173 Å². The van der Waals surface area contributed by atoms with E-state index in [2.05, 4.69) is 4.98 Å². The summed E-state index contributed by atoms with van der Waals surface area (Å²) in [6, 6.07) is 10.7. The Bertz CT molecular complexity index is 1130. The highest BCUT2D eigenvalue weighted by molar-refractivity contribution is 6.68. The zero-order valence-corrected chi connectivity index (χ0v) is 16.8. The lowest BCUT2D eigenvalue weighted by atomic mass is 9.94. The Kier molecular flexibility index (Phi) is 5.11. The summed E-state index contributed by atoms with van der Waals surface area (Å²) in [7, 11) is 3.16. The van der Waals surface area contributed by atoms with E-state index in [0.29, 0.717) is 42.1 Å². The summed E-state index contributed by atoms with van der Waals surface area (Å²) >= 11 is 5.68. The molecule has 0 atom stereocenters. The van der Waals surface area contributed by atoms with Gasteiger partial charge in [-0.2, -0.15) is 0 Å². The predicted octanol–water partition coefficient (Wildman–Crippen LogP) is 3.83. The number of hydrogen-bond donors (Lipinski definition) is 0. The van der Waals surface area contributed by atoms with Gasteiger partial charge >= 0.3 is 0 Å². The van der Waals surface area contributed by atoms with Gasteiger partial charge in [0.05, 0.1) is 19.7 Å². The topological polar surface area (TPSA) is 68.7 Å². The first-order valence-corrected chi connectivity index (χ1v) is 9.52. The third kappa shape index (κ3) is 3.40. The minimum absolute atomic E-state index is 0.114. The van der Waals surface area contributed by atoms with E-state index < -0.39 is 5.24 Å². The van der Waals surface area contributed by atoms with Gasteiger partial charge in [-0.1, -0.05) is 6.07 Å². The van der Waals surface area contributed by atoms with Crippen molar-refractivity contribution in [3.8, 4) is 11.5 Å². The van der Waals surface area contributed by atoms with Crippen molar-refractivity contribution in [1.29, 1.82) is 0 Å². The van der Waals surface area contributed by atoms with E-state index in [1.54, 1.807) is 43.5 Å². The van der Waals surface area contributed by atoms with Crippen LogP contribution in [0.15, 0.2) is 42.6 Å². The number of fused-ring (bicyclic) bond motifs is 2. The number of rotatable bonds is 5. The molecule has 1 aromatic heterocycles. The minimum atomic E-state index is -0.538. The third-order valence-electron chi connectivity index (χ3n) is 5.24. The van der Waals surface area contributed by atoms with Crippen LogP contribution in [0, 0.1) is 0 Å². The Morgan fingerprint density at radius 1 is 1.17 bits per heavy atom. The molecule has 0 fully saturated rings. The SMILES string of the molecule is COc1cc2nccc(CN3CCc4c(C(=O)Cl)cccc4C3=O)c2cc1OC. The van der Waals surface area contributed by atoms with Crippen molar-refractivity contribution in [2.45, 2.75) is 13.0 Å². The van der Waals surface area contributed by atoms with Crippen LogP contribution in [-0.2, 0) is 13.0 Å². The molecule has 148 valence electrons. The summed E-state index contributed by atoms with van der Waals surface area (Å²) in [5.41, 5.74) is 3.38. The van der Waals surface area contributed by atoms with Gasteiger partial charge in [0.2, 0.25) is 0 Å². The zero-order valence-electron chi connectivity index (χ0n) is 16.1. The molecule has 0 saturated carbocycles.